The minimum absolute atomic E-state index is 0.0714. The van der Waals surface area contributed by atoms with Crippen molar-refractivity contribution >= 4 is 36.7 Å². The van der Waals surface area contributed by atoms with Crippen LogP contribution in [0.3, 0.4) is 0 Å². The smallest absolute Gasteiger partial charge is 0.244 e. The van der Waals surface area contributed by atoms with Crippen molar-refractivity contribution < 1.29 is 19.0 Å². The van der Waals surface area contributed by atoms with Crippen molar-refractivity contribution in [2.24, 2.45) is 0 Å². The van der Waals surface area contributed by atoms with Crippen molar-refractivity contribution in [3.05, 3.63) is 112 Å². The number of Topliss-reactive ketones (excluding diaryl/α,β-unsaturated/α-hetero) is 1. The van der Waals surface area contributed by atoms with Gasteiger partial charge in [0.05, 0.1) is 11.7 Å². The van der Waals surface area contributed by atoms with Crippen molar-refractivity contribution in [2.75, 3.05) is 6.66 Å². The van der Waals surface area contributed by atoms with Crippen LogP contribution in [0.25, 0.3) is 11.8 Å². The largest absolute Gasteiger partial charge is 0.344 e. The van der Waals surface area contributed by atoms with Crippen molar-refractivity contribution in [2.45, 2.75) is 25.0 Å². The Bertz CT molecular complexity index is 1500. The third kappa shape index (κ3) is 8.55. The molecule has 2 atom stereocenters. The zero-order chi connectivity index (χ0) is 27.8. The van der Waals surface area contributed by atoms with Crippen molar-refractivity contribution in [1.82, 2.24) is 25.5 Å². The number of tetrazole rings is 1. The molecule has 0 saturated heterocycles. The van der Waals surface area contributed by atoms with Crippen LogP contribution in [0.15, 0.2) is 85.2 Å². The van der Waals surface area contributed by atoms with Crippen molar-refractivity contribution in [1.29, 1.82) is 0 Å². The normalized spacial score (nSPS) is 13.6. The summed E-state index contributed by atoms with van der Waals surface area (Å²) in [6, 6.07) is 20.8. The molecule has 1 heterocycles. The van der Waals surface area contributed by atoms with Gasteiger partial charge in [-0.3, -0.25) is 14.2 Å². The maximum absolute atomic E-state index is 13.3. The van der Waals surface area contributed by atoms with Gasteiger partial charge < -0.3 is 10.2 Å². The summed E-state index contributed by atoms with van der Waals surface area (Å²) in [5.74, 6) is -0.599. The SMILES string of the molecule is CP(=O)(O)Cc1ccc(CC(=O)[C@H](Cc2ccccc2)NC(=O)/C=C/c2cc(Cl)ccc2-n2cnnn2)cc1. The van der Waals surface area contributed by atoms with Gasteiger partial charge in [-0.25, -0.2) is 0 Å². The number of amides is 1. The van der Waals surface area contributed by atoms with Gasteiger partial charge in [-0.1, -0.05) is 66.2 Å². The molecule has 0 radical (unpaired) electrons. The van der Waals surface area contributed by atoms with Crippen LogP contribution in [0.2, 0.25) is 5.02 Å². The van der Waals surface area contributed by atoms with Gasteiger partial charge in [-0.05, 0) is 57.8 Å². The second-order valence-corrected chi connectivity index (χ2v) is 12.1. The maximum atomic E-state index is 13.3. The predicted molar refractivity (Wildman–Crippen MR) is 150 cm³/mol. The third-order valence-corrected chi connectivity index (χ3v) is 7.05. The molecule has 0 fully saturated rings. The lowest BCUT2D eigenvalue weighted by atomic mass is 9.97. The van der Waals surface area contributed by atoms with E-state index < -0.39 is 19.3 Å². The van der Waals surface area contributed by atoms with Gasteiger partial charge in [0, 0.05) is 35.9 Å². The average molecular weight is 564 g/mol. The van der Waals surface area contributed by atoms with E-state index in [4.69, 9.17) is 11.6 Å². The van der Waals surface area contributed by atoms with E-state index in [9.17, 15) is 19.0 Å². The number of nitrogens with one attached hydrogen (secondary N) is 1. The fourth-order valence-corrected chi connectivity index (χ4v) is 5.11. The summed E-state index contributed by atoms with van der Waals surface area (Å²) < 4.78 is 13.1. The number of carbonyl (C=O) groups is 2. The number of aromatic nitrogens is 4. The minimum atomic E-state index is -3.19. The number of rotatable bonds is 11. The molecule has 39 heavy (non-hydrogen) atoms. The van der Waals surface area contributed by atoms with E-state index in [2.05, 4.69) is 20.8 Å². The van der Waals surface area contributed by atoms with E-state index in [0.717, 1.165) is 16.7 Å². The van der Waals surface area contributed by atoms with E-state index in [0.29, 0.717) is 22.7 Å². The topological polar surface area (TPSA) is 127 Å². The number of hydrogen-bond donors (Lipinski definition) is 2. The second-order valence-electron chi connectivity index (χ2n) is 9.21. The molecular weight excluding hydrogens is 537 g/mol. The maximum Gasteiger partial charge on any atom is 0.244 e. The zero-order valence-corrected chi connectivity index (χ0v) is 22.8. The van der Waals surface area contributed by atoms with Gasteiger partial charge in [-0.2, -0.15) is 4.68 Å². The summed E-state index contributed by atoms with van der Waals surface area (Å²) in [5, 5.41) is 14.5. The lowest BCUT2D eigenvalue weighted by Crippen LogP contribution is -2.42. The summed E-state index contributed by atoms with van der Waals surface area (Å²) in [7, 11) is -3.19. The molecule has 1 unspecified atom stereocenters. The fourth-order valence-electron chi connectivity index (χ4n) is 4.05. The van der Waals surface area contributed by atoms with Crippen LogP contribution in [0.4, 0.5) is 0 Å². The third-order valence-electron chi connectivity index (χ3n) is 5.86. The molecule has 1 aromatic heterocycles. The molecule has 0 saturated carbocycles. The summed E-state index contributed by atoms with van der Waals surface area (Å²) in [6.07, 6.45) is 4.87. The highest BCUT2D eigenvalue weighted by molar-refractivity contribution is 7.56. The highest BCUT2D eigenvalue weighted by Crippen LogP contribution is 2.39. The Morgan fingerprint density at radius 1 is 1.05 bits per heavy atom. The molecule has 1 amide bonds. The average Bonchev–Trinajstić information content (AvgIpc) is 3.43. The molecule has 0 bridgehead atoms. The quantitative estimate of drug-likeness (QED) is 0.206. The lowest BCUT2D eigenvalue weighted by molar-refractivity contribution is -0.125. The summed E-state index contributed by atoms with van der Waals surface area (Å²) in [6.45, 7) is 1.31. The first-order chi connectivity index (χ1) is 18.7. The van der Waals surface area contributed by atoms with Crippen molar-refractivity contribution in [3.8, 4) is 5.69 Å². The van der Waals surface area contributed by atoms with Crippen LogP contribution in [0.1, 0.15) is 22.3 Å². The number of carbonyl (C=O) groups excluding carboxylic acids is 2. The van der Waals surface area contributed by atoms with Crippen LogP contribution >= 0.6 is 19.0 Å². The molecule has 0 aliphatic heterocycles. The molecule has 0 spiro atoms. The highest BCUT2D eigenvalue weighted by Gasteiger charge is 2.21. The van der Waals surface area contributed by atoms with Gasteiger partial charge >= 0.3 is 0 Å². The Morgan fingerprint density at radius 2 is 1.77 bits per heavy atom. The molecule has 4 rings (SSSR count). The molecule has 4 aromatic rings. The number of hydrogen-bond acceptors (Lipinski definition) is 6. The Balaban J connectivity index is 1.50. The summed E-state index contributed by atoms with van der Waals surface area (Å²) >= 11 is 6.16. The van der Waals surface area contributed by atoms with E-state index >= 15 is 0 Å². The molecule has 200 valence electrons. The van der Waals surface area contributed by atoms with E-state index in [1.54, 1.807) is 48.5 Å². The van der Waals surface area contributed by atoms with Crippen LogP contribution in [0, 0.1) is 0 Å². The first-order valence-corrected chi connectivity index (χ1v) is 14.8. The standard InChI is InChI=1S/C28H27ClN5O4P/c1-39(37,38)18-22-9-7-21(8-10-22)16-27(35)25(15-20-5-3-2-4-6-20)31-28(36)14-11-23-17-24(29)12-13-26(23)34-19-30-32-33-34/h2-14,17,19,25H,15-16,18H2,1H3,(H,31,36)(H,37,38)/b14-11+/t25-/m0/s1. The molecule has 2 N–H and O–H groups in total. The van der Waals surface area contributed by atoms with E-state index in [1.165, 1.54) is 23.7 Å². The van der Waals surface area contributed by atoms with Crippen LogP contribution in [-0.4, -0.2) is 49.5 Å². The lowest BCUT2D eigenvalue weighted by Gasteiger charge is -2.17. The van der Waals surface area contributed by atoms with Gasteiger partial charge in [0.2, 0.25) is 13.3 Å². The Kier molecular flexibility index (Phi) is 9.19. The summed E-state index contributed by atoms with van der Waals surface area (Å²) in [4.78, 5) is 35.9. The van der Waals surface area contributed by atoms with Crippen LogP contribution < -0.4 is 5.32 Å². The monoisotopic (exact) mass is 563 g/mol. The Morgan fingerprint density at radius 3 is 2.44 bits per heavy atom. The van der Waals surface area contributed by atoms with Crippen LogP contribution in [0.5, 0.6) is 0 Å². The van der Waals surface area contributed by atoms with E-state index in [1.807, 2.05) is 30.3 Å². The molecule has 3 aromatic carbocycles. The predicted octanol–water partition coefficient (Wildman–Crippen LogP) is 4.27. The second kappa shape index (κ2) is 12.8. The number of halogens is 1. The molecule has 0 aliphatic carbocycles. The molecule has 9 nitrogen and oxygen atoms in total. The highest BCUT2D eigenvalue weighted by atomic mass is 35.5. The van der Waals surface area contributed by atoms with Gasteiger partial charge in [0.15, 0.2) is 5.78 Å². The number of benzene rings is 3. The minimum Gasteiger partial charge on any atom is -0.344 e. The Hall–Kier alpha value is -3.91. The van der Waals surface area contributed by atoms with Gasteiger partial charge in [0.1, 0.15) is 6.33 Å². The fraction of sp³-hybridized carbons (Fsp3) is 0.179. The first kappa shape index (κ1) is 28.1. The van der Waals surface area contributed by atoms with Crippen molar-refractivity contribution in [3.63, 3.8) is 0 Å². The zero-order valence-electron chi connectivity index (χ0n) is 21.1. The Labute approximate surface area is 231 Å². The molecular formula is C28H27ClN5O4P. The van der Waals surface area contributed by atoms with Gasteiger partial charge in [0.25, 0.3) is 0 Å². The number of nitrogens with zero attached hydrogens (tertiary/aromatic N) is 4. The first-order valence-electron chi connectivity index (χ1n) is 12.1. The van der Waals surface area contributed by atoms with E-state index in [-0.39, 0.29) is 18.4 Å². The summed E-state index contributed by atoms with van der Waals surface area (Å²) in [5.41, 5.74) is 3.64. The van der Waals surface area contributed by atoms with Gasteiger partial charge in [-0.15, -0.1) is 5.10 Å². The molecule has 11 heteroatoms. The van der Waals surface area contributed by atoms with Crippen LogP contribution in [-0.2, 0) is 33.2 Å². The molecule has 0 aliphatic rings. The number of ketones is 1.